The molecule has 0 aromatic carbocycles. The highest BCUT2D eigenvalue weighted by atomic mass is 16.8. The van der Waals surface area contributed by atoms with E-state index in [4.69, 9.17) is 37.9 Å². The normalized spacial score (nSPS) is 54.8. The standard InChI is InChI=1S/C24H40O20/c25-1-5-9(28)10(29)14(33)22(39-5)44-19-8-4-37-20(19)16(35)24(41-8)43-18-7(3-27)40-23(15(34)12(18)31)42-17-6(2-26)38-21(36)13(32)11(17)30/h5-36H,1-4H2/t5-,6-,7-,8-,9-,10+,11-,12-,13-,14-,15-,16-,17-,18-,19-,20-,21+,22-,23-,24-/m1/s1. The third-order valence-corrected chi connectivity index (χ3v) is 8.45. The smallest absolute Gasteiger partial charge is 0.187 e. The lowest BCUT2D eigenvalue weighted by Crippen LogP contribution is -2.66. The van der Waals surface area contributed by atoms with E-state index in [0.717, 1.165) is 0 Å². The van der Waals surface area contributed by atoms with Crippen LogP contribution < -0.4 is 0 Å². The first kappa shape index (κ1) is 34.5. The summed E-state index contributed by atoms with van der Waals surface area (Å²) in [5.74, 6) is 0. The summed E-state index contributed by atoms with van der Waals surface area (Å²) in [5.41, 5.74) is 0. The number of rotatable bonds is 9. The maximum absolute atomic E-state index is 11.0. The molecule has 12 N–H and O–H groups in total. The van der Waals surface area contributed by atoms with Crippen molar-refractivity contribution in [3.63, 3.8) is 0 Å². The molecule has 5 fully saturated rings. The van der Waals surface area contributed by atoms with Crippen LogP contribution in [0.4, 0.5) is 0 Å². The van der Waals surface area contributed by atoms with Crippen molar-refractivity contribution in [2.75, 3.05) is 26.4 Å². The molecule has 0 unspecified atom stereocenters. The lowest BCUT2D eigenvalue weighted by Gasteiger charge is -2.47. The van der Waals surface area contributed by atoms with Crippen LogP contribution in [0, 0.1) is 0 Å². The van der Waals surface area contributed by atoms with E-state index in [1.54, 1.807) is 0 Å². The van der Waals surface area contributed by atoms with Crippen LogP contribution in [0.5, 0.6) is 0 Å². The molecule has 0 spiro atoms. The molecule has 20 heteroatoms. The Balaban J connectivity index is 1.22. The zero-order chi connectivity index (χ0) is 32.0. The third kappa shape index (κ3) is 6.37. The van der Waals surface area contributed by atoms with Crippen molar-refractivity contribution < 1.29 is 99.2 Å². The van der Waals surface area contributed by atoms with Crippen molar-refractivity contribution in [3.8, 4) is 0 Å². The molecular weight excluding hydrogens is 608 g/mol. The maximum Gasteiger partial charge on any atom is 0.187 e. The van der Waals surface area contributed by atoms with Gasteiger partial charge in [0, 0.05) is 0 Å². The minimum atomic E-state index is -1.91. The molecule has 0 aromatic rings. The average molecular weight is 649 g/mol. The minimum Gasteiger partial charge on any atom is -0.394 e. The van der Waals surface area contributed by atoms with Gasteiger partial charge in [-0.1, -0.05) is 0 Å². The lowest BCUT2D eigenvalue weighted by molar-refractivity contribution is -0.377. The second kappa shape index (κ2) is 14.1. The molecule has 0 saturated carbocycles. The second-order valence-electron chi connectivity index (χ2n) is 11.3. The number of aliphatic hydroxyl groups excluding tert-OH is 12. The Morgan fingerprint density at radius 3 is 1.52 bits per heavy atom. The van der Waals surface area contributed by atoms with Crippen LogP contribution >= 0.6 is 0 Å². The molecule has 5 rings (SSSR count). The van der Waals surface area contributed by atoms with Crippen molar-refractivity contribution in [3.05, 3.63) is 0 Å². The van der Waals surface area contributed by atoms with Gasteiger partial charge in [-0.25, -0.2) is 0 Å². The maximum atomic E-state index is 11.0. The van der Waals surface area contributed by atoms with Gasteiger partial charge in [-0.3, -0.25) is 0 Å². The Labute approximate surface area is 249 Å². The first-order valence-corrected chi connectivity index (χ1v) is 14.1. The van der Waals surface area contributed by atoms with Crippen molar-refractivity contribution in [1.82, 2.24) is 0 Å². The molecule has 5 saturated heterocycles. The van der Waals surface area contributed by atoms with Crippen LogP contribution in [0.3, 0.4) is 0 Å². The van der Waals surface area contributed by atoms with Crippen molar-refractivity contribution in [2.45, 2.75) is 123 Å². The lowest BCUT2D eigenvalue weighted by atomic mass is 9.96. The zero-order valence-electron chi connectivity index (χ0n) is 23.0. The Kier molecular flexibility index (Phi) is 11.1. The van der Waals surface area contributed by atoms with Gasteiger partial charge < -0.3 is 99.2 Å². The van der Waals surface area contributed by atoms with E-state index in [1.165, 1.54) is 0 Å². The fraction of sp³-hybridized carbons (Fsp3) is 1.00. The number of aliphatic hydroxyl groups is 12. The van der Waals surface area contributed by atoms with Crippen LogP contribution in [-0.2, 0) is 37.9 Å². The molecule has 20 nitrogen and oxygen atoms in total. The molecule has 0 radical (unpaired) electrons. The van der Waals surface area contributed by atoms with E-state index >= 15 is 0 Å². The van der Waals surface area contributed by atoms with Crippen molar-refractivity contribution >= 4 is 0 Å². The van der Waals surface area contributed by atoms with E-state index in [-0.39, 0.29) is 6.61 Å². The van der Waals surface area contributed by atoms with Gasteiger partial charge in [-0.15, -0.1) is 0 Å². The first-order chi connectivity index (χ1) is 20.9. The highest BCUT2D eigenvalue weighted by Crippen LogP contribution is 2.37. The van der Waals surface area contributed by atoms with Gasteiger partial charge in [-0.05, 0) is 0 Å². The van der Waals surface area contributed by atoms with Gasteiger partial charge in [0.25, 0.3) is 0 Å². The van der Waals surface area contributed by atoms with Gasteiger partial charge >= 0.3 is 0 Å². The van der Waals surface area contributed by atoms with Gasteiger partial charge in [0.05, 0.1) is 26.4 Å². The molecular formula is C24H40O20. The molecule has 2 bridgehead atoms. The summed E-state index contributed by atoms with van der Waals surface area (Å²) in [6, 6.07) is 0. The molecule has 0 aliphatic carbocycles. The number of ether oxygens (including phenoxy) is 8. The van der Waals surface area contributed by atoms with Gasteiger partial charge in [-0.2, -0.15) is 0 Å². The van der Waals surface area contributed by atoms with E-state index in [9.17, 15) is 61.3 Å². The fourth-order valence-corrected chi connectivity index (χ4v) is 5.91. The monoisotopic (exact) mass is 648 g/mol. The number of hydrogen-bond donors (Lipinski definition) is 12. The molecule has 5 aliphatic rings. The van der Waals surface area contributed by atoms with Crippen LogP contribution in [-0.4, -0.2) is 211 Å². The fourth-order valence-electron chi connectivity index (χ4n) is 5.91. The molecule has 256 valence electrons. The van der Waals surface area contributed by atoms with Crippen LogP contribution in [0.25, 0.3) is 0 Å². The summed E-state index contributed by atoms with van der Waals surface area (Å²) in [5, 5.41) is 122. The van der Waals surface area contributed by atoms with Crippen LogP contribution in [0.15, 0.2) is 0 Å². The molecule has 20 atom stereocenters. The highest BCUT2D eigenvalue weighted by Gasteiger charge is 2.57. The van der Waals surface area contributed by atoms with Crippen molar-refractivity contribution in [2.24, 2.45) is 0 Å². The highest BCUT2D eigenvalue weighted by molar-refractivity contribution is 5.00. The number of fused-ring (bicyclic) bond motifs is 2. The van der Waals surface area contributed by atoms with Gasteiger partial charge in [0.2, 0.25) is 0 Å². The molecule has 5 heterocycles. The minimum absolute atomic E-state index is 0.131. The van der Waals surface area contributed by atoms with Gasteiger partial charge in [0.15, 0.2) is 25.2 Å². The summed E-state index contributed by atoms with van der Waals surface area (Å²) in [4.78, 5) is 0. The summed E-state index contributed by atoms with van der Waals surface area (Å²) in [6.07, 6.45) is -31.1. The summed E-state index contributed by atoms with van der Waals surface area (Å²) >= 11 is 0. The molecule has 0 aromatic heterocycles. The predicted molar refractivity (Wildman–Crippen MR) is 131 cm³/mol. The summed E-state index contributed by atoms with van der Waals surface area (Å²) in [6.45, 7) is -2.40. The summed E-state index contributed by atoms with van der Waals surface area (Å²) < 4.78 is 44.2. The van der Waals surface area contributed by atoms with Gasteiger partial charge in [0.1, 0.15) is 97.7 Å². The topological polar surface area (TPSA) is 317 Å². The van der Waals surface area contributed by atoms with E-state index in [0.29, 0.717) is 0 Å². The SMILES string of the molecule is OC[C@H]1O[C@H](O[C@H]2[C@@H]3OC[C@H]2O[C@H](O[C@H]2[C@H](O)[C@@H](O)[C@@H](O[C@H]4[C@H](O)[C@@H](O)[C@@H](O)O[C@@H]4CO)O[C@@H]2CO)[C@@H]3O)[C@H](O)[C@@H](O)[C@@H]1O. The molecule has 5 aliphatic heterocycles. The van der Waals surface area contributed by atoms with Crippen LogP contribution in [0.1, 0.15) is 0 Å². The van der Waals surface area contributed by atoms with E-state index in [1.807, 2.05) is 0 Å². The Morgan fingerprint density at radius 1 is 0.455 bits per heavy atom. The Hall–Kier alpha value is -0.800. The van der Waals surface area contributed by atoms with Crippen molar-refractivity contribution in [1.29, 1.82) is 0 Å². The first-order valence-electron chi connectivity index (χ1n) is 14.1. The quantitative estimate of drug-likeness (QED) is 0.110. The second-order valence-corrected chi connectivity index (χ2v) is 11.3. The number of hydrogen-bond acceptors (Lipinski definition) is 20. The van der Waals surface area contributed by atoms with Crippen LogP contribution in [0.2, 0.25) is 0 Å². The van der Waals surface area contributed by atoms with E-state index in [2.05, 4.69) is 0 Å². The largest absolute Gasteiger partial charge is 0.394 e. The zero-order valence-corrected chi connectivity index (χ0v) is 23.0. The third-order valence-electron chi connectivity index (χ3n) is 8.45. The van der Waals surface area contributed by atoms with E-state index < -0.39 is 143 Å². The molecule has 44 heavy (non-hydrogen) atoms. The summed E-state index contributed by atoms with van der Waals surface area (Å²) in [7, 11) is 0. The Bertz CT molecular complexity index is 926. The predicted octanol–water partition coefficient (Wildman–Crippen LogP) is -8.70. The Morgan fingerprint density at radius 2 is 0.932 bits per heavy atom. The average Bonchev–Trinajstić information content (AvgIpc) is 3.33. The molecule has 0 amide bonds.